The number of aliphatic hydroxyl groups is 2. The van der Waals surface area contributed by atoms with Gasteiger partial charge in [-0.25, -0.2) is 9.97 Å². The summed E-state index contributed by atoms with van der Waals surface area (Å²) >= 11 is 0. The summed E-state index contributed by atoms with van der Waals surface area (Å²) < 4.78 is 0. The Morgan fingerprint density at radius 3 is 2.11 bits per heavy atom. The van der Waals surface area contributed by atoms with Gasteiger partial charge in [0, 0.05) is 12.6 Å². The van der Waals surface area contributed by atoms with Gasteiger partial charge in [-0.3, -0.25) is 0 Å². The van der Waals surface area contributed by atoms with Crippen LogP contribution in [0.3, 0.4) is 0 Å². The maximum Gasteiger partial charge on any atom is 0.135 e. The van der Waals surface area contributed by atoms with Gasteiger partial charge >= 0.3 is 0 Å². The van der Waals surface area contributed by atoms with E-state index in [1.807, 2.05) is 13.8 Å². The minimum Gasteiger partial charge on any atom is -0.394 e. The molecule has 102 valence electrons. The van der Waals surface area contributed by atoms with Crippen LogP contribution in [0.1, 0.15) is 24.7 Å². The molecule has 1 aromatic heterocycles. The van der Waals surface area contributed by atoms with Crippen LogP contribution in [0, 0.1) is 13.8 Å². The number of hydrogen-bond donors (Lipinski definition) is 4. The van der Waals surface area contributed by atoms with Gasteiger partial charge in [0.05, 0.1) is 18.8 Å². The molecule has 1 aromatic rings. The van der Waals surface area contributed by atoms with Crippen LogP contribution >= 0.6 is 0 Å². The lowest BCUT2D eigenvalue weighted by molar-refractivity contribution is 0.132. The van der Waals surface area contributed by atoms with Crippen molar-refractivity contribution in [2.75, 3.05) is 30.9 Å². The summed E-state index contributed by atoms with van der Waals surface area (Å²) in [6, 6.07) is 0. The van der Waals surface area contributed by atoms with E-state index in [4.69, 9.17) is 0 Å². The molecule has 18 heavy (non-hydrogen) atoms. The average molecular weight is 254 g/mol. The first kappa shape index (κ1) is 14.7. The van der Waals surface area contributed by atoms with E-state index in [1.54, 1.807) is 14.0 Å². The molecule has 4 N–H and O–H groups in total. The van der Waals surface area contributed by atoms with Gasteiger partial charge in [-0.2, -0.15) is 0 Å². The van der Waals surface area contributed by atoms with Crippen LogP contribution in [0.25, 0.3) is 0 Å². The lowest BCUT2D eigenvalue weighted by Crippen LogP contribution is -2.45. The van der Waals surface area contributed by atoms with E-state index in [0.717, 1.165) is 11.4 Å². The Morgan fingerprint density at radius 1 is 1.11 bits per heavy atom. The molecule has 0 aliphatic heterocycles. The fraction of sp³-hybridized carbons (Fsp3) is 0.667. The third-order valence-electron chi connectivity index (χ3n) is 3.16. The highest BCUT2D eigenvalue weighted by atomic mass is 16.3. The fourth-order valence-electron chi connectivity index (χ4n) is 1.69. The van der Waals surface area contributed by atoms with Gasteiger partial charge in [-0.1, -0.05) is 6.92 Å². The molecule has 0 fully saturated rings. The Kier molecular flexibility index (Phi) is 4.86. The number of anilines is 2. The van der Waals surface area contributed by atoms with Crippen LogP contribution < -0.4 is 10.6 Å². The standard InChI is InChI=1S/C12H22N4O2/c1-5-12(6-17,7-18)16-11-8(2)10(13-4)14-9(3)15-11/h17-18H,5-7H2,1-4H3,(H2,13,14,15,16). The van der Waals surface area contributed by atoms with Crippen LogP contribution in [0.4, 0.5) is 11.6 Å². The fourth-order valence-corrected chi connectivity index (χ4v) is 1.69. The van der Waals surface area contributed by atoms with Crippen LogP contribution in [0.2, 0.25) is 0 Å². The molecule has 0 aliphatic rings. The second kappa shape index (κ2) is 5.97. The maximum atomic E-state index is 9.44. The predicted octanol–water partition coefficient (Wildman–Crippen LogP) is 0.680. The van der Waals surface area contributed by atoms with Crippen LogP contribution in [-0.2, 0) is 0 Å². The summed E-state index contributed by atoms with van der Waals surface area (Å²) in [5, 5.41) is 25.0. The van der Waals surface area contributed by atoms with Gasteiger partial charge in [0.15, 0.2) is 0 Å². The largest absolute Gasteiger partial charge is 0.394 e. The van der Waals surface area contributed by atoms with Gasteiger partial charge in [-0.15, -0.1) is 0 Å². The zero-order chi connectivity index (χ0) is 13.8. The van der Waals surface area contributed by atoms with E-state index in [9.17, 15) is 10.2 Å². The zero-order valence-electron chi connectivity index (χ0n) is 11.4. The Balaban J connectivity index is 3.13. The maximum absolute atomic E-state index is 9.44. The molecule has 0 aliphatic carbocycles. The highest BCUT2D eigenvalue weighted by Crippen LogP contribution is 2.24. The van der Waals surface area contributed by atoms with Gasteiger partial charge in [-0.05, 0) is 20.3 Å². The Bertz CT molecular complexity index is 397. The van der Waals surface area contributed by atoms with E-state index >= 15 is 0 Å². The minimum absolute atomic E-state index is 0.155. The molecule has 6 nitrogen and oxygen atoms in total. The van der Waals surface area contributed by atoms with Gasteiger partial charge in [0.25, 0.3) is 0 Å². The lowest BCUT2D eigenvalue weighted by atomic mass is 9.98. The zero-order valence-corrected chi connectivity index (χ0v) is 11.4. The molecule has 0 radical (unpaired) electrons. The number of rotatable bonds is 6. The molecule has 0 amide bonds. The molecule has 0 spiro atoms. The highest BCUT2D eigenvalue weighted by molar-refractivity contribution is 5.58. The van der Waals surface area contributed by atoms with E-state index in [-0.39, 0.29) is 13.2 Å². The second-order valence-corrected chi connectivity index (χ2v) is 4.42. The number of nitrogens with zero attached hydrogens (tertiary/aromatic N) is 2. The topological polar surface area (TPSA) is 90.3 Å². The van der Waals surface area contributed by atoms with Crippen LogP contribution in [0.5, 0.6) is 0 Å². The van der Waals surface area contributed by atoms with Crippen molar-refractivity contribution < 1.29 is 10.2 Å². The van der Waals surface area contributed by atoms with Crippen molar-refractivity contribution in [2.45, 2.75) is 32.7 Å². The van der Waals surface area contributed by atoms with E-state index in [2.05, 4.69) is 20.6 Å². The summed E-state index contributed by atoms with van der Waals surface area (Å²) in [6.07, 6.45) is 0.595. The molecule has 0 atom stereocenters. The molecule has 6 heteroatoms. The molecule has 0 aromatic carbocycles. The van der Waals surface area contributed by atoms with E-state index in [0.29, 0.717) is 18.1 Å². The highest BCUT2D eigenvalue weighted by Gasteiger charge is 2.28. The molecule has 0 saturated carbocycles. The first-order chi connectivity index (χ1) is 8.51. The monoisotopic (exact) mass is 254 g/mol. The summed E-state index contributed by atoms with van der Waals surface area (Å²) in [5.41, 5.74) is 0.110. The predicted molar refractivity (Wildman–Crippen MR) is 71.9 cm³/mol. The number of nitrogens with one attached hydrogen (secondary N) is 2. The quantitative estimate of drug-likeness (QED) is 0.597. The molecule has 0 saturated heterocycles. The smallest absolute Gasteiger partial charge is 0.135 e. The first-order valence-electron chi connectivity index (χ1n) is 6.04. The van der Waals surface area contributed by atoms with Gasteiger partial charge < -0.3 is 20.8 Å². The van der Waals surface area contributed by atoms with Crippen LogP contribution in [0.15, 0.2) is 0 Å². The van der Waals surface area contributed by atoms with Crippen molar-refractivity contribution in [3.8, 4) is 0 Å². The number of aliphatic hydroxyl groups excluding tert-OH is 2. The number of aromatic nitrogens is 2. The van der Waals surface area contributed by atoms with Crippen molar-refractivity contribution in [3.05, 3.63) is 11.4 Å². The molecule has 1 rings (SSSR count). The van der Waals surface area contributed by atoms with Crippen molar-refractivity contribution in [3.63, 3.8) is 0 Å². The number of aryl methyl sites for hydroxylation is 1. The molecule has 1 heterocycles. The van der Waals surface area contributed by atoms with Crippen molar-refractivity contribution >= 4 is 11.6 Å². The van der Waals surface area contributed by atoms with Crippen molar-refractivity contribution in [2.24, 2.45) is 0 Å². The minimum atomic E-state index is -0.753. The normalized spacial score (nSPS) is 11.4. The third kappa shape index (κ3) is 2.88. The SMILES string of the molecule is CCC(CO)(CO)Nc1nc(C)nc(NC)c1C. The van der Waals surface area contributed by atoms with Crippen molar-refractivity contribution in [1.29, 1.82) is 0 Å². The summed E-state index contributed by atoms with van der Waals surface area (Å²) in [7, 11) is 1.80. The van der Waals surface area contributed by atoms with Gasteiger partial charge in [0.1, 0.15) is 17.5 Å². The Labute approximate surface area is 107 Å². The Morgan fingerprint density at radius 2 is 1.67 bits per heavy atom. The first-order valence-corrected chi connectivity index (χ1v) is 6.04. The molecular weight excluding hydrogens is 232 g/mol. The Hall–Kier alpha value is -1.40. The summed E-state index contributed by atoms with van der Waals surface area (Å²) in [6.45, 7) is 5.29. The molecule has 0 unspecified atom stereocenters. The van der Waals surface area contributed by atoms with E-state index < -0.39 is 5.54 Å². The lowest BCUT2D eigenvalue weighted by Gasteiger charge is -2.31. The molecular formula is C12H22N4O2. The van der Waals surface area contributed by atoms with E-state index in [1.165, 1.54) is 0 Å². The second-order valence-electron chi connectivity index (χ2n) is 4.42. The average Bonchev–Trinajstić information content (AvgIpc) is 2.39. The summed E-state index contributed by atoms with van der Waals surface area (Å²) in [5.74, 6) is 2.01. The summed E-state index contributed by atoms with van der Waals surface area (Å²) in [4.78, 5) is 8.60. The van der Waals surface area contributed by atoms with Crippen LogP contribution in [-0.4, -0.2) is 46.0 Å². The number of hydrogen-bond acceptors (Lipinski definition) is 6. The van der Waals surface area contributed by atoms with Gasteiger partial charge in [0.2, 0.25) is 0 Å². The van der Waals surface area contributed by atoms with Crippen molar-refractivity contribution in [1.82, 2.24) is 9.97 Å². The third-order valence-corrected chi connectivity index (χ3v) is 3.16. The molecule has 0 bridgehead atoms.